The van der Waals surface area contributed by atoms with Crippen molar-refractivity contribution in [3.63, 3.8) is 0 Å². The number of nitrogens with one attached hydrogen (secondary N) is 1. The predicted molar refractivity (Wildman–Crippen MR) is 189 cm³/mol. The number of aliphatic hydroxyl groups excluding tert-OH is 1. The van der Waals surface area contributed by atoms with E-state index in [2.05, 4.69) is 10.3 Å². The molecule has 14 heteroatoms. The van der Waals surface area contributed by atoms with Crippen molar-refractivity contribution in [2.45, 2.75) is 68.7 Å². The Morgan fingerprint density at radius 1 is 0.962 bits per heavy atom. The number of alkyl halides is 3. The van der Waals surface area contributed by atoms with Crippen LogP contribution >= 0.6 is 11.8 Å². The van der Waals surface area contributed by atoms with Crippen LogP contribution in [0.25, 0.3) is 11.1 Å². The zero-order chi connectivity index (χ0) is 37.7. The average Bonchev–Trinajstić information content (AvgIpc) is 3.66. The molecule has 2 amide bonds. The lowest BCUT2D eigenvalue weighted by Crippen LogP contribution is -2.50. The second-order valence-electron chi connectivity index (χ2n) is 12.9. The molecule has 0 spiro atoms. The third-order valence-corrected chi connectivity index (χ3v) is 10.6. The number of carbonyl (C=O) groups is 3. The zero-order valence-electron chi connectivity index (χ0n) is 28.7. The first-order chi connectivity index (χ1) is 25.4. The van der Waals surface area contributed by atoms with Crippen LogP contribution in [0.4, 0.5) is 13.2 Å². The number of carbonyl (C=O) groups excluding carboxylic acids is 2. The second-order valence-corrected chi connectivity index (χ2v) is 14.0. The van der Waals surface area contributed by atoms with Crippen LogP contribution < -0.4 is 5.32 Å². The summed E-state index contributed by atoms with van der Waals surface area (Å²) in [5.74, 6) is -3.44. The minimum absolute atomic E-state index is 0.0456. The van der Waals surface area contributed by atoms with E-state index in [0.717, 1.165) is 33.4 Å². The first-order valence-electron chi connectivity index (χ1n) is 17.1. The maximum Gasteiger partial charge on any atom is 0.471 e. The number of hydrogen-bond donors (Lipinski definition) is 3. The first-order valence-corrected chi connectivity index (χ1v) is 18.1. The molecule has 0 bridgehead atoms. The smallest absolute Gasteiger partial charge is 0.471 e. The fourth-order valence-electron chi connectivity index (χ4n) is 6.66. The van der Waals surface area contributed by atoms with Gasteiger partial charge >= 0.3 is 18.1 Å². The number of aromatic nitrogens is 1. The zero-order valence-corrected chi connectivity index (χ0v) is 29.5. The van der Waals surface area contributed by atoms with Gasteiger partial charge in [0, 0.05) is 36.5 Å². The molecule has 2 aliphatic heterocycles. The molecule has 6 rings (SSSR count). The summed E-state index contributed by atoms with van der Waals surface area (Å²) in [5, 5.41) is 22.3. The Labute approximate surface area is 308 Å². The second kappa shape index (κ2) is 16.5. The van der Waals surface area contributed by atoms with Gasteiger partial charge in [0.25, 0.3) is 0 Å². The number of aliphatic hydroxyl groups is 1. The summed E-state index contributed by atoms with van der Waals surface area (Å²) >= 11 is 1.30. The number of nitrogens with zero attached hydrogens (tertiary/aromatic N) is 2. The van der Waals surface area contributed by atoms with E-state index in [1.807, 2.05) is 73.7 Å². The number of likely N-dealkylation sites (tertiary alicyclic amines) is 1. The number of thioether (sulfide) groups is 1. The maximum atomic E-state index is 13.1. The third kappa shape index (κ3) is 8.73. The van der Waals surface area contributed by atoms with E-state index in [1.54, 1.807) is 18.3 Å². The highest BCUT2D eigenvalue weighted by molar-refractivity contribution is 7.99. The minimum Gasteiger partial charge on any atom is -0.478 e. The van der Waals surface area contributed by atoms with Gasteiger partial charge in [0.05, 0.1) is 24.4 Å². The van der Waals surface area contributed by atoms with Gasteiger partial charge in [-0.15, -0.1) is 11.8 Å². The van der Waals surface area contributed by atoms with Gasteiger partial charge in [-0.05, 0) is 52.8 Å². The van der Waals surface area contributed by atoms with Gasteiger partial charge in [-0.3, -0.25) is 9.59 Å². The Balaban J connectivity index is 1.19. The van der Waals surface area contributed by atoms with E-state index in [-0.39, 0.29) is 49.8 Å². The van der Waals surface area contributed by atoms with Gasteiger partial charge in [0.2, 0.25) is 5.91 Å². The molecule has 53 heavy (non-hydrogen) atoms. The van der Waals surface area contributed by atoms with Crippen molar-refractivity contribution >= 4 is 29.5 Å². The van der Waals surface area contributed by atoms with Crippen molar-refractivity contribution in [2.75, 3.05) is 12.3 Å². The first kappa shape index (κ1) is 38.0. The molecule has 3 N–H and O–H groups in total. The molecule has 3 heterocycles. The number of carboxylic acid groups (broad SMARTS) is 1. The molecule has 0 radical (unpaired) electrons. The highest BCUT2D eigenvalue weighted by atomic mass is 32.2. The number of aromatic carboxylic acids is 1. The SMILES string of the molecule is C[C@H]1[C@@H](CSc2ncccc2C(=O)O)O[C@@H](c2ccc(-c3ccccc3CNC(=O)[C@@H]3CCCN3C(=O)C(F)(F)F)cc2)O[C@H]1c1ccc(CO)cc1. The number of carboxylic acids is 1. The molecular weight excluding hydrogens is 712 g/mol. The normalized spacial score (nSPS) is 21.7. The topological polar surface area (TPSA) is 138 Å². The summed E-state index contributed by atoms with van der Waals surface area (Å²) in [6.45, 7) is 1.84. The van der Waals surface area contributed by atoms with Gasteiger partial charge < -0.3 is 29.9 Å². The van der Waals surface area contributed by atoms with Gasteiger partial charge in [0.1, 0.15) is 11.1 Å². The van der Waals surface area contributed by atoms with Gasteiger partial charge in [-0.2, -0.15) is 13.2 Å². The van der Waals surface area contributed by atoms with Crippen molar-refractivity contribution in [3.8, 4) is 11.1 Å². The Morgan fingerprint density at radius 3 is 2.38 bits per heavy atom. The number of rotatable bonds is 11. The number of amides is 2. The van der Waals surface area contributed by atoms with E-state index < -0.39 is 36.3 Å². The van der Waals surface area contributed by atoms with Gasteiger partial charge in [-0.1, -0.05) is 79.7 Å². The third-order valence-electron chi connectivity index (χ3n) is 9.53. The molecule has 278 valence electrons. The van der Waals surface area contributed by atoms with Crippen molar-refractivity contribution in [1.29, 1.82) is 0 Å². The lowest BCUT2D eigenvalue weighted by atomic mass is 9.91. The van der Waals surface area contributed by atoms with Crippen LogP contribution in [0, 0.1) is 5.92 Å². The van der Waals surface area contributed by atoms with Crippen LogP contribution in [0.5, 0.6) is 0 Å². The molecule has 5 atom stereocenters. The predicted octanol–water partition coefficient (Wildman–Crippen LogP) is 6.69. The molecule has 0 aliphatic carbocycles. The van der Waals surface area contributed by atoms with E-state index >= 15 is 0 Å². The molecule has 2 aliphatic rings. The number of pyridine rings is 1. The van der Waals surface area contributed by atoms with Gasteiger partial charge in [0.15, 0.2) is 6.29 Å². The minimum atomic E-state index is -5.05. The van der Waals surface area contributed by atoms with Crippen LogP contribution in [0.15, 0.2) is 96.2 Å². The van der Waals surface area contributed by atoms with Crippen LogP contribution in [0.3, 0.4) is 0 Å². The Bertz CT molecular complexity index is 1930. The highest BCUT2D eigenvalue weighted by Gasteiger charge is 2.47. The molecule has 1 aromatic heterocycles. The molecule has 0 unspecified atom stereocenters. The summed E-state index contributed by atoms with van der Waals surface area (Å²) in [4.78, 5) is 41.5. The Morgan fingerprint density at radius 2 is 1.68 bits per heavy atom. The lowest BCUT2D eigenvalue weighted by Gasteiger charge is -2.41. The van der Waals surface area contributed by atoms with Crippen LogP contribution in [0.1, 0.15) is 64.8 Å². The van der Waals surface area contributed by atoms with E-state index in [1.165, 1.54) is 17.8 Å². The summed E-state index contributed by atoms with van der Waals surface area (Å²) < 4.78 is 52.4. The van der Waals surface area contributed by atoms with Gasteiger partial charge in [-0.25, -0.2) is 9.78 Å². The fraction of sp³-hybridized carbons (Fsp3) is 0.333. The van der Waals surface area contributed by atoms with Crippen molar-refractivity contribution < 1.29 is 47.2 Å². The van der Waals surface area contributed by atoms with Crippen molar-refractivity contribution in [2.24, 2.45) is 5.92 Å². The van der Waals surface area contributed by atoms with E-state index in [4.69, 9.17) is 9.47 Å². The number of halogens is 3. The van der Waals surface area contributed by atoms with Crippen LogP contribution in [0.2, 0.25) is 0 Å². The van der Waals surface area contributed by atoms with Crippen molar-refractivity contribution in [3.05, 3.63) is 119 Å². The number of benzene rings is 3. The molecule has 2 fully saturated rings. The summed E-state index contributed by atoms with van der Waals surface area (Å²) in [7, 11) is 0. The van der Waals surface area contributed by atoms with Crippen LogP contribution in [-0.4, -0.2) is 68.5 Å². The standard InChI is InChI=1S/C39H38F3N3O7S/c1-23-32(22-53-35-30(36(48)49)8-4-18-43-35)51-37(52-33(23)26-12-10-24(21-46)11-13-26)27-16-14-25(15-17-27)29-7-3-2-6-28(29)20-44-34(47)31-9-5-19-45(31)38(50)39(40,41)42/h2-4,6-8,10-18,23,31-33,37,46H,5,9,19-22H2,1H3,(H,44,47)(H,48,49)/t23-,31-,32+,33+,37+/m0/s1. The lowest BCUT2D eigenvalue weighted by molar-refractivity contribution is -0.268. The summed E-state index contributed by atoms with van der Waals surface area (Å²) in [5.41, 5.74) is 4.86. The quantitative estimate of drug-likeness (QED) is 0.143. The maximum absolute atomic E-state index is 13.1. The number of hydrogen-bond acceptors (Lipinski definition) is 8. The van der Waals surface area contributed by atoms with Crippen molar-refractivity contribution in [1.82, 2.24) is 15.2 Å². The van der Waals surface area contributed by atoms with E-state index in [9.17, 15) is 37.8 Å². The Hall–Kier alpha value is -4.76. The highest BCUT2D eigenvalue weighted by Crippen LogP contribution is 2.43. The monoisotopic (exact) mass is 749 g/mol. The average molecular weight is 750 g/mol. The molecule has 10 nitrogen and oxygen atoms in total. The molecule has 3 aromatic carbocycles. The molecule has 4 aromatic rings. The largest absolute Gasteiger partial charge is 0.478 e. The fourth-order valence-corrected chi connectivity index (χ4v) is 7.81. The summed E-state index contributed by atoms with van der Waals surface area (Å²) in [6.07, 6.45) is -4.57. The molecular formula is C39H38F3N3O7S. The summed E-state index contributed by atoms with van der Waals surface area (Å²) in [6, 6.07) is 24.3. The number of ether oxygens (including phenoxy) is 2. The molecule has 0 saturated carbocycles. The Kier molecular flexibility index (Phi) is 11.8. The van der Waals surface area contributed by atoms with E-state index in [0.29, 0.717) is 22.1 Å². The van der Waals surface area contributed by atoms with Crippen LogP contribution in [-0.2, 0) is 32.2 Å². The molecule has 2 saturated heterocycles.